The normalized spacial score (nSPS) is 10.3. The predicted molar refractivity (Wildman–Crippen MR) is 75.8 cm³/mol. The van der Waals surface area contributed by atoms with Crippen molar-refractivity contribution in [2.45, 2.75) is 6.42 Å². The highest BCUT2D eigenvalue weighted by Gasteiger charge is 1.93. The highest BCUT2D eigenvalue weighted by Crippen LogP contribution is 2.19. The van der Waals surface area contributed by atoms with Gasteiger partial charge in [-0.05, 0) is 36.4 Å². The zero-order chi connectivity index (χ0) is 13.3. The van der Waals surface area contributed by atoms with Crippen molar-refractivity contribution in [1.29, 1.82) is 5.26 Å². The van der Waals surface area contributed by atoms with Gasteiger partial charge in [0.2, 0.25) is 0 Å². The molecule has 0 saturated heterocycles. The molecule has 0 bridgehead atoms. The van der Waals surface area contributed by atoms with Gasteiger partial charge in [-0.15, -0.1) is 0 Å². The van der Waals surface area contributed by atoms with Crippen LogP contribution in [0.4, 0.5) is 17.1 Å². The Morgan fingerprint density at radius 3 is 2.16 bits per heavy atom. The minimum absolute atomic E-state index is 0.496. The molecule has 0 unspecified atom stereocenters. The largest absolute Gasteiger partial charge is 0.384 e. The Balaban J connectivity index is 1.95. The number of nitriles is 1. The summed E-state index contributed by atoms with van der Waals surface area (Å²) in [6.07, 6.45) is 0.496. The van der Waals surface area contributed by atoms with Gasteiger partial charge in [-0.1, -0.05) is 18.2 Å². The fourth-order valence-electron chi connectivity index (χ4n) is 1.52. The highest BCUT2D eigenvalue weighted by atomic mass is 15.1. The summed E-state index contributed by atoms with van der Waals surface area (Å²) in [4.78, 5) is 0. The maximum Gasteiger partial charge on any atom is 0.0858 e. The van der Waals surface area contributed by atoms with Gasteiger partial charge in [0, 0.05) is 12.2 Å². The van der Waals surface area contributed by atoms with Crippen LogP contribution in [0.5, 0.6) is 0 Å². The monoisotopic (exact) mass is 250 g/mol. The van der Waals surface area contributed by atoms with Crippen LogP contribution in [0.1, 0.15) is 6.42 Å². The van der Waals surface area contributed by atoms with Crippen LogP contribution in [-0.2, 0) is 0 Å². The van der Waals surface area contributed by atoms with Crippen LogP contribution < -0.4 is 5.32 Å². The van der Waals surface area contributed by atoms with E-state index in [1.54, 1.807) is 0 Å². The number of benzene rings is 2. The first-order chi connectivity index (χ1) is 9.38. The highest BCUT2D eigenvalue weighted by molar-refractivity contribution is 5.51. The van der Waals surface area contributed by atoms with Gasteiger partial charge in [0.15, 0.2) is 0 Å². The van der Waals surface area contributed by atoms with E-state index in [2.05, 4.69) is 21.6 Å². The van der Waals surface area contributed by atoms with E-state index in [1.807, 2.05) is 54.6 Å². The zero-order valence-corrected chi connectivity index (χ0v) is 10.5. The van der Waals surface area contributed by atoms with Gasteiger partial charge in [0.25, 0.3) is 0 Å². The van der Waals surface area contributed by atoms with E-state index in [0.717, 1.165) is 17.1 Å². The molecule has 0 heterocycles. The molecule has 94 valence electrons. The molecule has 2 aromatic carbocycles. The SMILES string of the molecule is N#CCCNc1ccc(N=Nc2ccccc2)cc1. The lowest BCUT2D eigenvalue weighted by Gasteiger charge is -2.03. The Morgan fingerprint density at radius 1 is 0.895 bits per heavy atom. The maximum absolute atomic E-state index is 8.45. The molecular weight excluding hydrogens is 236 g/mol. The van der Waals surface area contributed by atoms with E-state index >= 15 is 0 Å². The Kier molecular flexibility index (Phi) is 4.65. The Labute approximate surface area is 112 Å². The van der Waals surface area contributed by atoms with Crippen molar-refractivity contribution in [2.24, 2.45) is 10.2 Å². The Bertz CT molecular complexity index is 567. The molecule has 0 amide bonds. The lowest BCUT2D eigenvalue weighted by Crippen LogP contribution is -1.99. The number of azo groups is 1. The summed E-state index contributed by atoms with van der Waals surface area (Å²) in [5.41, 5.74) is 2.61. The third-order valence-electron chi connectivity index (χ3n) is 2.47. The van der Waals surface area contributed by atoms with Crippen molar-refractivity contribution in [1.82, 2.24) is 0 Å². The van der Waals surface area contributed by atoms with Crippen LogP contribution in [-0.4, -0.2) is 6.54 Å². The lowest BCUT2D eigenvalue weighted by molar-refractivity contribution is 1.07. The summed E-state index contributed by atoms with van der Waals surface area (Å²) in [5.74, 6) is 0. The molecule has 0 radical (unpaired) electrons. The van der Waals surface area contributed by atoms with Gasteiger partial charge in [-0.25, -0.2) is 0 Å². The molecular formula is C15H14N4. The summed E-state index contributed by atoms with van der Waals surface area (Å²) >= 11 is 0. The average molecular weight is 250 g/mol. The van der Waals surface area contributed by atoms with Crippen molar-refractivity contribution in [3.8, 4) is 6.07 Å². The molecule has 0 saturated carbocycles. The van der Waals surface area contributed by atoms with Crippen LogP contribution in [0.15, 0.2) is 64.8 Å². The van der Waals surface area contributed by atoms with E-state index in [1.165, 1.54) is 0 Å². The predicted octanol–water partition coefficient (Wildman–Crippen LogP) is 4.43. The molecule has 2 rings (SSSR count). The molecule has 0 atom stereocenters. The fraction of sp³-hybridized carbons (Fsp3) is 0.133. The molecule has 0 aliphatic heterocycles. The summed E-state index contributed by atoms with van der Waals surface area (Å²) in [7, 11) is 0. The van der Waals surface area contributed by atoms with E-state index in [9.17, 15) is 0 Å². The summed E-state index contributed by atoms with van der Waals surface area (Å²) < 4.78 is 0. The second-order valence-electron chi connectivity index (χ2n) is 3.92. The van der Waals surface area contributed by atoms with Gasteiger partial charge < -0.3 is 5.32 Å². The fourth-order valence-corrected chi connectivity index (χ4v) is 1.52. The van der Waals surface area contributed by atoms with Crippen LogP contribution in [0.2, 0.25) is 0 Å². The van der Waals surface area contributed by atoms with Crippen molar-refractivity contribution >= 4 is 17.1 Å². The number of nitrogens with one attached hydrogen (secondary N) is 1. The van der Waals surface area contributed by atoms with E-state index in [-0.39, 0.29) is 0 Å². The molecule has 1 N–H and O–H groups in total. The van der Waals surface area contributed by atoms with Crippen molar-refractivity contribution in [3.05, 3.63) is 54.6 Å². The third-order valence-corrected chi connectivity index (χ3v) is 2.47. The molecule has 2 aromatic rings. The molecule has 4 heteroatoms. The smallest absolute Gasteiger partial charge is 0.0858 e. The van der Waals surface area contributed by atoms with Gasteiger partial charge in [0.1, 0.15) is 0 Å². The van der Waals surface area contributed by atoms with Crippen LogP contribution in [0, 0.1) is 11.3 Å². The van der Waals surface area contributed by atoms with Gasteiger partial charge >= 0.3 is 0 Å². The minimum atomic E-state index is 0.496. The number of anilines is 1. The van der Waals surface area contributed by atoms with Crippen molar-refractivity contribution < 1.29 is 0 Å². The first-order valence-corrected chi connectivity index (χ1v) is 6.06. The summed E-state index contributed by atoms with van der Waals surface area (Å²) in [6, 6.07) is 19.3. The molecule has 0 fully saturated rings. The van der Waals surface area contributed by atoms with Crippen molar-refractivity contribution in [2.75, 3.05) is 11.9 Å². The standard InChI is InChI=1S/C15H14N4/c16-11-4-12-17-13-7-9-15(10-8-13)19-18-14-5-2-1-3-6-14/h1-3,5-10,17H,4,12H2. The lowest BCUT2D eigenvalue weighted by atomic mass is 10.3. The molecule has 0 spiro atoms. The Hall–Kier alpha value is -2.67. The van der Waals surface area contributed by atoms with Crippen LogP contribution >= 0.6 is 0 Å². The quantitative estimate of drug-likeness (QED) is 0.630. The molecule has 4 nitrogen and oxygen atoms in total. The van der Waals surface area contributed by atoms with E-state index < -0.39 is 0 Å². The maximum atomic E-state index is 8.45. The van der Waals surface area contributed by atoms with Gasteiger partial charge in [-0.3, -0.25) is 0 Å². The van der Waals surface area contributed by atoms with Gasteiger partial charge in [-0.2, -0.15) is 15.5 Å². The number of hydrogen-bond acceptors (Lipinski definition) is 4. The second-order valence-corrected chi connectivity index (χ2v) is 3.92. The summed E-state index contributed by atoms with van der Waals surface area (Å²) in [5, 5.41) is 19.9. The molecule has 0 aromatic heterocycles. The number of rotatable bonds is 5. The first kappa shape index (κ1) is 12.8. The van der Waals surface area contributed by atoms with E-state index in [4.69, 9.17) is 5.26 Å². The van der Waals surface area contributed by atoms with Crippen LogP contribution in [0.3, 0.4) is 0 Å². The average Bonchev–Trinajstić information content (AvgIpc) is 2.48. The number of hydrogen-bond donors (Lipinski definition) is 1. The minimum Gasteiger partial charge on any atom is -0.384 e. The zero-order valence-electron chi connectivity index (χ0n) is 10.5. The molecule has 19 heavy (non-hydrogen) atoms. The second kappa shape index (κ2) is 6.92. The summed E-state index contributed by atoms with van der Waals surface area (Å²) in [6.45, 7) is 0.654. The van der Waals surface area contributed by atoms with Crippen molar-refractivity contribution in [3.63, 3.8) is 0 Å². The van der Waals surface area contributed by atoms with Crippen LogP contribution in [0.25, 0.3) is 0 Å². The topological polar surface area (TPSA) is 60.5 Å². The first-order valence-electron chi connectivity index (χ1n) is 6.06. The number of nitrogens with zero attached hydrogens (tertiary/aromatic N) is 3. The van der Waals surface area contributed by atoms with E-state index in [0.29, 0.717) is 13.0 Å². The molecule has 0 aliphatic rings. The molecule has 0 aliphatic carbocycles. The Morgan fingerprint density at radius 2 is 1.53 bits per heavy atom. The van der Waals surface area contributed by atoms with Gasteiger partial charge in [0.05, 0.1) is 23.9 Å². The third kappa shape index (κ3) is 4.25.